The lowest BCUT2D eigenvalue weighted by molar-refractivity contribution is 0.0170. The van der Waals surface area contributed by atoms with Crippen molar-refractivity contribution in [1.82, 2.24) is 10.2 Å². The number of anilines is 1. The molecular formula is C22H29N3O2S. The number of aryl methyl sites for hydroxylation is 1. The van der Waals surface area contributed by atoms with Gasteiger partial charge < -0.3 is 20.1 Å². The summed E-state index contributed by atoms with van der Waals surface area (Å²) in [7, 11) is 1.69. The highest BCUT2D eigenvalue weighted by Gasteiger charge is 2.22. The normalized spacial score (nSPS) is 15.6. The second-order valence-corrected chi connectivity index (χ2v) is 7.23. The van der Waals surface area contributed by atoms with E-state index in [0.29, 0.717) is 5.11 Å². The third kappa shape index (κ3) is 5.67. The molecule has 0 radical (unpaired) electrons. The van der Waals surface area contributed by atoms with Crippen molar-refractivity contribution >= 4 is 23.0 Å². The van der Waals surface area contributed by atoms with Crippen molar-refractivity contribution < 1.29 is 9.47 Å². The van der Waals surface area contributed by atoms with Gasteiger partial charge in [0.15, 0.2) is 5.11 Å². The Hall–Kier alpha value is -2.15. The van der Waals surface area contributed by atoms with E-state index in [1.54, 1.807) is 7.11 Å². The number of hydrogen-bond acceptors (Lipinski definition) is 4. The molecule has 1 unspecified atom stereocenters. The number of morpholine rings is 1. The first-order valence-corrected chi connectivity index (χ1v) is 10.2. The molecule has 0 saturated carbocycles. The summed E-state index contributed by atoms with van der Waals surface area (Å²) in [5.74, 6) is 0.866. The van der Waals surface area contributed by atoms with Gasteiger partial charge in [-0.15, -0.1) is 0 Å². The quantitative estimate of drug-likeness (QED) is 0.694. The van der Waals surface area contributed by atoms with Gasteiger partial charge in [-0.1, -0.05) is 31.2 Å². The van der Waals surface area contributed by atoms with Crippen molar-refractivity contribution in [1.29, 1.82) is 0 Å². The van der Waals surface area contributed by atoms with Crippen molar-refractivity contribution in [2.45, 2.75) is 19.4 Å². The zero-order chi connectivity index (χ0) is 19.8. The molecule has 1 aliphatic heterocycles. The molecule has 28 heavy (non-hydrogen) atoms. The predicted octanol–water partition coefficient (Wildman–Crippen LogP) is 3.62. The molecule has 0 bridgehead atoms. The number of ether oxygens (including phenoxy) is 2. The fraction of sp³-hybridized carbons (Fsp3) is 0.409. The summed E-state index contributed by atoms with van der Waals surface area (Å²) in [5.41, 5.74) is 3.56. The maximum absolute atomic E-state index is 5.53. The first kappa shape index (κ1) is 20.6. The van der Waals surface area contributed by atoms with Gasteiger partial charge in [0.1, 0.15) is 5.75 Å². The van der Waals surface area contributed by atoms with Gasteiger partial charge in [0.25, 0.3) is 0 Å². The summed E-state index contributed by atoms with van der Waals surface area (Å²) in [6.07, 6.45) is 1.03. The Kier molecular flexibility index (Phi) is 7.65. The Morgan fingerprint density at radius 2 is 1.79 bits per heavy atom. The van der Waals surface area contributed by atoms with Crippen LogP contribution in [-0.2, 0) is 11.2 Å². The average Bonchev–Trinajstić information content (AvgIpc) is 2.75. The third-order valence-corrected chi connectivity index (χ3v) is 5.31. The first-order chi connectivity index (χ1) is 13.7. The molecule has 1 aliphatic rings. The second kappa shape index (κ2) is 10.4. The van der Waals surface area contributed by atoms with Crippen LogP contribution in [0.3, 0.4) is 0 Å². The molecule has 2 aromatic rings. The Balaban J connectivity index is 1.63. The van der Waals surface area contributed by atoms with Gasteiger partial charge in [0.05, 0.1) is 26.4 Å². The zero-order valence-corrected chi connectivity index (χ0v) is 17.4. The van der Waals surface area contributed by atoms with Crippen LogP contribution in [0, 0.1) is 0 Å². The highest BCUT2D eigenvalue weighted by molar-refractivity contribution is 7.80. The van der Waals surface area contributed by atoms with Gasteiger partial charge in [-0.3, -0.25) is 4.90 Å². The van der Waals surface area contributed by atoms with Gasteiger partial charge in [0, 0.05) is 25.3 Å². The Bertz CT molecular complexity index is 743. The van der Waals surface area contributed by atoms with Crippen LogP contribution in [0.15, 0.2) is 48.5 Å². The summed E-state index contributed by atoms with van der Waals surface area (Å²) < 4.78 is 10.8. The predicted molar refractivity (Wildman–Crippen MR) is 118 cm³/mol. The molecule has 0 aromatic heterocycles. The molecule has 6 heteroatoms. The Morgan fingerprint density at radius 1 is 1.11 bits per heavy atom. The SMILES string of the molecule is CCc1ccc(NC(=S)NCC(c2ccc(OC)cc2)N2CCOCC2)cc1. The van der Waals surface area contributed by atoms with Gasteiger partial charge >= 0.3 is 0 Å². The van der Waals surface area contributed by atoms with Crippen LogP contribution >= 0.6 is 12.2 Å². The van der Waals surface area contributed by atoms with Crippen molar-refractivity contribution in [3.05, 3.63) is 59.7 Å². The van der Waals surface area contributed by atoms with Crippen LogP contribution < -0.4 is 15.4 Å². The van der Waals surface area contributed by atoms with Crippen molar-refractivity contribution in [2.75, 3.05) is 45.3 Å². The average molecular weight is 400 g/mol. The molecule has 0 spiro atoms. The molecule has 5 nitrogen and oxygen atoms in total. The number of nitrogens with one attached hydrogen (secondary N) is 2. The van der Waals surface area contributed by atoms with Crippen LogP contribution in [0.1, 0.15) is 24.1 Å². The van der Waals surface area contributed by atoms with E-state index in [9.17, 15) is 0 Å². The number of thiocarbonyl (C=S) groups is 1. The minimum Gasteiger partial charge on any atom is -0.497 e. The second-order valence-electron chi connectivity index (χ2n) is 6.82. The highest BCUT2D eigenvalue weighted by atomic mass is 32.1. The molecule has 1 fully saturated rings. The van der Waals surface area contributed by atoms with Crippen molar-refractivity contribution in [3.63, 3.8) is 0 Å². The van der Waals surface area contributed by atoms with Crippen LogP contribution in [-0.4, -0.2) is 50.0 Å². The van der Waals surface area contributed by atoms with E-state index in [1.165, 1.54) is 11.1 Å². The van der Waals surface area contributed by atoms with Gasteiger partial charge in [-0.25, -0.2) is 0 Å². The van der Waals surface area contributed by atoms with Crippen LogP contribution in [0.4, 0.5) is 5.69 Å². The lowest BCUT2D eigenvalue weighted by Gasteiger charge is -2.35. The van der Waals surface area contributed by atoms with E-state index >= 15 is 0 Å². The van der Waals surface area contributed by atoms with Crippen LogP contribution in [0.25, 0.3) is 0 Å². The summed E-state index contributed by atoms with van der Waals surface area (Å²) in [6.45, 7) is 6.23. The number of benzene rings is 2. The van der Waals surface area contributed by atoms with Crippen LogP contribution in [0.5, 0.6) is 5.75 Å². The Morgan fingerprint density at radius 3 is 2.39 bits per heavy atom. The first-order valence-electron chi connectivity index (χ1n) is 9.79. The Labute approximate surface area is 173 Å². The maximum atomic E-state index is 5.53. The number of nitrogens with zero attached hydrogens (tertiary/aromatic N) is 1. The van der Waals surface area contributed by atoms with Crippen molar-refractivity contribution in [3.8, 4) is 5.75 Å². The molecule has 1 heterocycles. The number of rotatable bonds is 7. The summed E-state index contributed by atoms with van der Waals surface area (Å²) in [4.78, 5) is 2.44. The monoisotopic (exact) mass is 399 g/mol. The van der Waals surface area contributed by atoms with Gasteiger partial charge in [0.2, 0.25) is 0 Å². The van der Waals surface area contributed by atoms with E-state index in [4.69, 9.17) is 21.7 Å². The molecule has 1 atom stereocenters. The fourth-order valence-corrected chi connectivity index (χ4v) is 3.56. The molecular weight excluding hydrogens is 370 g/mol. The molecule has 3 rings (SSSR count). The van der Waals surface area contributed by atoms with Gasteiger partial charge in [-0.05, 0) is 54.0 Å². The topological polar surface area (TPSA) is 45.8 Å². The fourth-order valence-electron chi connectivity index (χ4n) is 3.36. The maximum Gasteiger partial charge on any atom is 0.170 e. The largest absolute Gasteiger partial charge is 0.497 e. The van der Waals surface area contributed by atoms with E-state index in [0.717, 1.165) is 50.7 Å². The minimum atomic E-state index is 0.219. The van der Waals surface area contributed by atoms with Crippen LogP contribution in [0.2, 0.25) is 0 Å². The standard InChI is InChI=1S/C22H29N3O2S/c1-3-17-4-8-19(9-5-17)24-22(28)23-16-21(25-12-14-27-15-13-25)18-6-10-20(26-2)11-7-18/h4-11,21H,3,12-16H2,1-2H3,(H2,23,24,28). The third-order valence-electron chi connectivity index (χ3n) is 5.06. The van der Waals surface area contributed by atoms with Gasteiger partial charge in [-0.2, -0.15) is 0 Å². The summed E-state index contributed by atoms with van der Waals surface area (Å²) in [6, 6.07) is 16.9. The molecule has 2 N–H and O–H groups in total. The molecule has 150 valence electrons. The number of methoxy groups -OCH3 is 1. The highest BCUT2D eigenvalue weighted by Crippen LogP contribution is 2.23. The molecule has 2 aromatic carbocycles. The van der Waals surface area contributed by atoms with Crippen molar-refractivity contribution in [2.24, 2.45) is 0 Å². The lowest BCUT2D eigenvalue weighted by atomic mass is 10.0. The van der Waals surface area contributed by atoms with E-state index in [2.05, 4.69) is 58.9 Å². The smallest absolute Gasteiger partial charge is 0.170 e. The number of hydrogen-bond donors (Lipinski definition) is 2. The van der Waals surface area contributed by atoms with E-state index in [-0.39, 0.29) is 6.04 Å². The summed E-state index contributed by atoms with van der Waals surface area (Å²) >= 11 is 5.52. The molecule has 0 amide bonds. The molecule has 0 aliphatic carbocycles. The summed E-state index contributed by atoms with van der Waals surface area (Å²) in [5, 5.41) is 7.30. The molecule has 1 saturated heterocycles. The lowest BCUT2D eigenvalue weighted by Crippen LogP contribution is -2.44. The van der Waals surface area contributed by atoms with E-state index < -0.39 is 0 Å². The van der Waals surface area contributed by atoms with E-state index in [1.807, 2.05) is 12.1 Å². The minimum absolute atomic E-state index is 0.219. The zero-order valence-electron chi connectivity index (χ0n) is 16.6.